The second-order valence-corrected chi connectivity index (χ2v) is 5.27. The lowest BCUT2D eigenvalue weighted by Gasteiger charge is -2.09. The van der Waals surface area contributed by atoms with E-state index in [0.29, 0.717) is 12.4 Å². The van der Waals surface area contributed by atoms with E-state index < -0.39 is 0 Å². The lowest BCUT2D eigenvalue weighted by molar-refractivity contribution is 0.343. The van der Waals surface area contributed by atoms with Crippen molar-refractivity contribution in [2.24, 2.45) is 0 Å². The van der Waals surface area contributed by atoms with Gasteiger partial charge in [0.15, 0.2) is 0 Å². The van der Waals surface area contributed by atoms with Crippen LogP contribution in [0.3, 0.4) is 0 Å². The fourth-order valence-electron chi connectivity index (χ4n) is 1.62. The number of thioether (sulfide) groups is 1. The number of nitrogen functional groups attached to an aromatic ring is 1. The highest BCUT2D eigenvalue weighted by atomic mass is 32.2. The van der Waals surface area contributed by atoms with Crippen LogP contribution in [0, 0.1) is 12.7 Å². The molecule has 0 saturated heterocycles. The molecule has 0 atom stereocenters. The molecule has 0 aromatic heterocycles. The highest BCUT2D eigenvalue weighted by Gasteiger charge is 2.02. The minimum atomic E-state index is -0.255. The van der Waals surface area contributed by atoms with E-state index in [9.17, 15) is 4.39 Å². The predicted molar refractivity (Wildman–Crippen MR) is 78.2 cm³/mol. The zero-order valence-corrected chi connectivity index (χ0v) is 11.5. The summed E-state index contributed by atoms with van der Waals surface area (Å²) in [6.07, 6.45) is 0. The van der Waals surface area contributed by atoms with Crippen molar-refractivity contribution >= 4 is 17.4 Å². The Morgan fingerprint density at radius 2 is 1.89 bits per heavy atom. The fourth-order valence-corrected chi connectivity index (χ4v) is 2.50. The van der Waals surface area contributed by atoms with E-state index in [1.54, 1.807) is 23.9 Å². The maximum Gasteiger partial charge on any atom is 0.123 e. The number of para-hydroxylation sites is 1. The average molecular weight is 277 g/mol. The van der Waals surface area contributed by atoms with Crippen LogP contribution in [0.2, 0.25) is 0 Å². The second kappa shape index (κ2) is 6.48. The Morgan fingerprint density at radius 1 is 1.16 bits per heavy atom. The van der Waals surface area contributed by atoms with Crippen LogP contribution in [-0.2, 0) is 0 Å². The number of ether oxygens (including phenoxy) is 1. The fraction of sp³-hybridized carbons (Fsp3) is 0.200. The van der Waals surface area contributed by atoms with Crippen molar-refractivity contribution in [2.75, 3.05) is 18.1 Å². The van der Waals surface area contributed by atoms with Crippen molar-refractivity contribution in [3.63, 3.8) is 0 Å². The van der Waals surface area contributed by atoms with E-state index in [0.717, 1.165) is 21.9 Å². The summed E-state index contributed by atoms with van der Waals surface area (Å²) in [4.78, 5) is 1.07. The van der Waals surface area contributed by atoms with Crippen molar-refractivity contribution in [1.82, 2.24) is 0 Å². The monoisotopic (exact) mass is 277 g/mol. The van der Waals surface area contributed by atoms with Crippen molar-refractivity contribution in [2.45, 2.75) is 11.8 Å². The van der Waals surface area contributed by atoms with Gasteiger partial charge in [0.05, 0.1) is 6.61 Å². The summed E-state index contributed by atoms with van der Waals surface area (Å²) in [6.45, 7) is 2.55. The van der Waals surface area contributed by atoms with Crippen LogP contribution in [0.15, 0.2) is 47.4 Å². The van der Waals surface area contributed by atoms with E-state index in [4.69, 9.17) is 10.5 Å². The Kier molecular flexibility index (Phi) is 4.68. The lowest BCUT2D eigenvalue weighted by Crippen LogP contribution is -2.01. The highest BCUT2D eigenvalue weighted by molar-refractivity contribution is 7.99. The molecule has 4 heteroatoms. The van der Waals surface area contributed by atoms with Gasteiger partial charge in [0.1, 0.15) is 11.6 Å². The number of nitrogens with two attached hydrogens (primary N) is 1. The number of aryl methyl sites for hydroxylation is 1. The number of hydrogen-bond donors (Lipinski definition) is 1. The average Bonchev–Trinajstić information content (AvgIpc) is 2.41. The molecule has 0 amide bonds. The third-order valence-electron chi connectivity index (χ3n) is 2.71. The van der Waals surface area contributed by atoms with Crippen molar-refractivity contribution in [3.05, 3.63) is 53.8 Å². The Hall–Kier alpha value is -1.68. The number of benzene rings is 2. The molecule has 19 heavy (non-hydrogen) atoms. The standard InChI is InChI=1S/C15H16FNOS/c1-11-3-2-4-14(15(11)17)19-10-9-18-13-7-5-12(16)6-8-13/h2-8H,9-10,17H2,1H3. The number of rotatable bonds is 5. The van der Waals surface area contributed by atoms with Crippen LogP contribution in [-0.4, -0.2) is 12.4 Å². The minimum absolute atomic E-state index is 0.255. The van der Waals surface area contributed by atoms with Crippen molar-refractivity contribution in [3.8, 4) is 5.75 Å². The molecule has 2 aromatic rings. The molecular formula is C15H16FNOS. The highest BCUT2D eigenvalue weighted by Crippen LogP contribution is 2.27. The Morgan fingerprint density at radius 3 is 2.63 bits per heavy atom. The van der Waals surface area contributed by atoms with Gasteiger partial charge in [-0.15, -0.1) is 11.8 Å². The third-order valence-corrected chi connectivity index (χ3v) is 3.75. The first-order chi connectivity index (χ1) is 9.16. The molecular weight excluding hydrogens is 261 g/mol. The molecule has 0 aliphatic heterocycles. The van der Waals surface area contributed by atoms with Gasteiger partial charge in [0.25, 0.3) is 0 Å². The summed E-state index contributed by atoms with van der Waals surface area (Å²) in [6, 6.07) is 12.0. The summed E-state index contributed by atoms with van der Waals surface area (Å²) in [7, 11) is 0. The lowest BCUT2D eigenvalue weighted by atomic mass is 10.2. The largest absolute Gasteiger partial charge is 0.493 e. The van der Waals surface area contributed by atoms with Gasteiger partial charge in [0.2, 0.25) is 0 Å². The van der Waals surface area contributed by atoms with Crippen LogP contribution in [0.1, 0.15) is 5.56 Å². The van der Waals surface area contributed by atoms with Gasteiger partial charge in [-0.3, -0.25) is 0 Å². The van der Waals surface area contributed by atoms with Crippen LogP contribution >= 0.6 is 11.8 Å². The summed E-state index contributed by atoms with van der Waals surface area (Å²) >= 11 is 1.66. The van der Waals surface area contributed by atoms with Crippen LogP contribution < -0.4 is 10.5 Å². The maximum atomic E-state index is 12.7. The Bertz CT molecular complexity index is 542. The molecule has 2 aromatic carbocycles. The second-order valence-electron chi connectivity index (χ2n) is 4.14. The minimum Gasteiger partial charge on any atom is -0.493 e. The SMILES string of the molecule is Cc1cccc(SCCOc2ccc(F)cc2)c1N. The van der Waals surface area contributed by atoms with E-state index >= 15 is 0 Å². The summed E-state index contributed by atoms with van der Waals surface area (Å²) in [5.41, 5.74) is 7.90. The first kappa shape index (κ1) is 13.7. The third kappa shape index (κ3) is 3.89. The molecule has 2 nitrogen and oxygen atoms in total. The summed E-state index contributed by atoms with van der Waals surface area (Å²) < 4.78 is 18.2. The van der Waals surface area contributed by atoms with Crippen LogP contribution in [0.4, 0.5) is 10.1 Å². The van der Waals surface area contributed by atoms with Gasteiger partial charge < -0.3 is 10.5 Å². The Labute approximate surface area is 116 Å². The zero-order chi connectivity index (χ0) is 13.7. The molecule has 0 aliphatic carbocycles. The van der Waals surface area contributed by atoms with Gasteiger partial charge >= 0.3 is 0 Å². The molecule has 0 spiro atoms. The molecule has 0 fully saturated rings. The van der Waals surface area contributed by atoms with Crippen molar-refractivity contribution in [1.29, 1.82) is 0 Å². The molecule has 0 unspecified atom stereocenters. The number of hydrogen-bond acceptors (Lipinski definition) is 3. The normalized spacial score (nSPS) is 10.4. The molecule has 0 radical (unpaired) electrons. The number of halogens is 1. The molecule has 100 valence electrons. The first-order valence-corrected chi connectivity index (χ1v) is 7.01. The van der Waals surface area contributed by atoms with Gasteiger partial charge in [-0.1, -0.05) is 12.1 Å². The summed E-state index contributed by atoms with van der Waals surface area (Å²) in [5, 5.41) is 0. The predicted octanol–water partition coefficient (Wildman–Crippen LogP) is 3.89. The number of anilines is 1. The van der Waals surface area contributed by atoms with Crippen LogP contribution in [0.25, 0.3) is 0 Å². The van der Waals surface area contributed by atoms with Crippen LogP contribution in [0.5, 0.6) is 5.75 Å². The molecule has 0 saturated carbocycles. The summed E-state index contributed by atoms with van der Waals surface area (Å²) in [5.74, 6) is 1.22. The van der Waals surface area contributed by atoms with Gasteiger partial charge in [-0.2, -0.15) is 0 Å². The zero-order valence-electron chi connectivity index (χ0n) is 10.7. The van der Waals surface area contributed by atoms with Crippen molar-refractivity contribution < 1.29 is 9.13 Å². The molecule has 2 rings (SSSR count). The topological polar surface area (TPSA) is 35.2 Å². The molecule has 0 heterocycles. The smallest absolute Gasteiger partial charge is 0.123 e. The van der Waals surface area contributed by atoms with Gasteiger partial charge in [0, 0.05) is 16.3 Å². The van der Waals surface area contributed by atoms with E-state index in [2.05, 4.69) is 0 Å². The van der Waals surface area contributed by atoms with Gasteiger partial charge in [-0.05, 0) is 42.8 Å². The van der Waals surface area contributed by atoms with Gasteiger partial charge in [-0.25, -0.2) is 4.39 Å². The van der Waals surface area contributed by atoms with E-state index in [1.165, 1.54) is 12.1 Å². The quantitative estimate of drug-likeness (QED) is 0.511. The van der Waals surface area contributed by atoms with E-state index in [-0.39, 0.29) is 5.82 Å². The molecule has 0 aliphatic rings. The Balaban J connectivity index is 1.81. The molecule has 0 bridgehead atoms. The maximum absolute atomic E-state index is 12.7. The first-order valence-electron chi connectivity index (χ1n) is 6.03. The van der Waals surface area contributed by atoms with E-state index in [1.807, 2.05) is 25.1 Å². The molecule has 2 N–H and O–H groups in total.